The highest BCUT2D eigenvalue weighted by Crippen LogP contribution is 2.33. The lowest BCUT2D eigenvalue weighted by Gasteiger charge is -2.23. The van der Waals surface area contributed by atoms with Crippen molar-refractivity contribution in [3.8, 4) is 5.75 Å². The molecule has 2 heterocycles. The molecule has 2 aromatic carbocycles. The maximum Gasteiger partial charge on any atom is 0.387 e. The minimum atomic E-state index is -3.39. The quantitative estimate of drug-likeness (QED) is 0.520. The number of alkyl halides is 2. The smallest absolute Gasteiger partial charge is 0.387 e. The van der Waals surface area contributed by atoms with Gasteiger partial charge in [0.05, 0.1) is 16.2 Å². The van der Waals surface area contributed by atoms with E-state index >= 15 is 0 Å². The van der Waals surface area contributed by atoms with Gasteiger partial charge in [-0.3, -0.25) is 0 Å². The summed E-state index contributed by atoms with van der Waals surface area (Å²) in [6.07, 6.45) is 0.724. The summed E-state index contributed by atoms with van der Waals surface area (Å²) in [5, 5.41) is 3.92. The van der Waals surface area contributed by atoms with Crippen molar-refractivity contribution in [1.29, 1.82) is 0 Å². The molecule has 1 aliphatic heterocycles. The Morgan fingerprint density at radius 1 is 1.19 bits per heavy atom. The largest absolute Gasteiger partial charge is 0.435 e. The number of nitrogens with zero attached hydrogens (tertiary/aromatic N) is 2. The fourth-order valence-electron chi connectivity index (χ4n) is 3.76. The number of pyridine rings is 1. The van der Waals surface area contributed by atoms with E-state index in [9.17, 15) is 17.2 Å². The minimum Gasteiger partial charge on any atom is -0.435 e. The lowest BCUT2D eigenvalue weighted by atomic mass is 10.1. The van der Waals surface area contributed by atoms with Crippen LogP contribution in [0.25, 0.3) is 10.9 Å². The van der Waals surface area contributed by atoms with Gasteiger partial charge in [-0.15, -0.1) is 0 Å². The first kappa shape index (κ1) is 22.2. The van der Waals surface area contributed by atoms with Gasteiger partial charge in [0.15, 0.2) is 9.84 Å². The second-order valence-electron chi connectivity index (χ2n) is 7.50. The average Bonchev–Trinajstić information content (AvgIpc) is 2.89. The lowest BCUT2D eigenvalue weighted by molar-refractivity contribution is -0.0497. The molecule has 1 aliphatic rings. The Morgan fingerprint density at radius 3 is 2.78 bits per heavy atom. The monoisotopic (exact) mass is 462 g/mol. The number of rotatable bonds is 7. The molecule has 3 N–H and O–H groups in total. The number of hydrogen-bond donors (Lipinski definition) is 2. The van der Waals surface area contributed by atoms with E-state index in [0.29, 0.717) is 52.5 Å². The minimum absolute atomic E-state index is 0.0270. The fourth-order valence-corrected chi connectivity index (χ4v) is 5.26. The Labute approximate surface area is 185 Å². The van der Waals surface area contributed by atoms with E-state index in [2.05, 4.69) is 10.1 Å². The summed E-state index contributed by atoms with van der Waals surface area (Å²) in [5.41, 5.74) is 7.59. The Morgan fingerprint density at radius 2 is 2.00 bits per heavy atom. The van der Waals surface area contributed by atoms with Crippen LogP contribution in [0, 0.1) is 0 Å². The van der Waals surface area contributed by atoms with Gasteiger partial charge in [-0.2, -0.15) is 8.78 Å². The van der Waals surface area contributed by atoms with Crippen LogP contribution >= 0.6 is 0 Å². The molecule has 170 valence electrons. The maximum absolute atomic E-state index is 12.7. The third-order valence-electron chi connectivity index (χ3n) is 5.31. The molecule has 0 spiro atoms. The highest BCUT2D eigenvalue weighted by Gasteiger charge is 2.26. The second kappa shape index (κ2) is 9.25. The third-order valence-corrected chi connectivity index (χ3v) is 7.10. The standard InChI is InChI=1S/C22H24F2N4O3S/c23-22(24)31-16-6-7-18-17(12-16)19(26-9-3-8-25)13-21(27-18)28-10-11-32(29,30)20-5-2-1-4-15(20)14-28/h1-2,4-7,12-13,22H,3,8-11,14,25H2,(H,26,27). The van der Waals surface area contributed by atoms with Crippen molar-refractivity contribution in [3.63, 3.8) is 0 Å². The van der Waals surface area contributed by atoms with E-state index in [0.717, 1.165) is 6.42 Å². The molecule has 0 aliphatic carbocycles. The highest BCUT2D eigenvalue weighted by molar-refractivity contribution is 7.91. The maximum atomic E-state index is 12.7. The van der Waals surface area contributed by atoms with Crippen LogP contribution < -0.4 is 20.7 Å². The number of hydrogen-bond acceptors (Lipinski definition) is 7. The molecule has 7 nitrogen and oxygen atoms in total. The van der Waals surface area contributed by atoms with Crippen LogP contribution in [-0.2, 0) is 16.4 Å². The zero-order valence-corrected chi connectivity index (χ0v) is 18.1. The first-order chi connectivity index (χ1) is 15.4. The van der Waals surface area contributed by atoms with Crippen molar-refractivity contribution < 1.29 is 21.9 Å². The van der Waals surface area contributed by atoms with Crippen LogP contribution in [0.15, 0.2) is 53.4 Å². The van der Waals surface area contributed by atoms with Crippen molar-refractivity contribution in [2.45, 2.75) is 24.5 Å². The fraction of sp³-hybridized carbons (Fsp3) is 0.318. The molecule has 0 atom stereocenters. The van der Waals surface area contributed by atoms with Gasteiger partial charge in [-0.25, -0.2) is 13.4 Å². The predicted octanol–water partition coefficient (Wildman–Crippen LogP) is 3.39. The topological polar surface area (TPSA) is 97.6 Å². The van der Waals surface area contributed by atoms with Crippen LogP contribution in [0.4, 0.5) is 20.3 Å². The van der Waals surface area contributed by atoms with Gasteiger partial charge < -0.3 is 20.7 Å². The van der Waals surface area contributed by atoms with Crippen molar-refractivity contribution >= 4 is 32.2 Å². The van der Waals surface area contributed by atoms with Gasteiger partial charge in [0.25, 0.3) is 0 Å². The molecule has 0 saturated heterocycles. The molecule has 0 saturated carbocycles. The van der Waals surface area contributed by atoms with Crippen molar-refractivity contribution in [1.82, 2.24) is 4.98 Å². The SMILES string of the molecule is NCCCNc1cc(N2CCS(=O)(=O)c3ccccc3C2)nc2ccc(OC(F)F)cc12. The van der Waals surface area contributed by atoms with Crippen LogP contribution in [0.3, 0.4) is 0 Å². The van der Waals surface area contributed by atoms with Gasteiger partial charge in [0, 0.05) is 36.8 Å². The van der Waals surface area contributed by atoms with Crippen molar-refractivity contribution in [2.75, 3.05) is 35.6 Å². The molecule has 0 unspecified atom stereocenters. The van der Waals surface area contributed by atoms with Gasteiger partial charge >= 0.3 is 6.61 Å². The highest BCUT2D eigenvalue weighted by atomic mass is 32.2. The summed E-state index contributed by atoms with van der Waals surface area (Å²) in [6, 6.07) is 13.4. The number of nitrogens with one attached hydrogen (secondary N) is 1. The van der Waals surface area contributed by atoms with Crippen molar-refractivity contribution in [3.05, 3.63) is 54.1 Å². The summed E-state index contributed by atoms with van der Waals surface area (Å²) >= 11 is 0. The van der Waals surface area contributed by atoms with Gasteiger partial charge in [0.1, 0.15) is 11.6 Å². The summed E-state index contributed by atoms with van der Waals surface area (Å²) in [7, 11) is -3.39. The van der Waals surface area contributed by atoms with Crippen molar-refractivity contribution in [2.24, 2.45) is 5.73 Å². The molecule has 0 amide bonds. The van der Waals surface area contributed by atoms with E-state index in [1.165, 1.54) is 12.1 Å². The number of halogens is 2. The van der Waals surface area contributed by atoms with E-state index < -0.39 is 16.4 Å². The van der Waals surface area contributed by atoms with E-state index in [1.807, 2.05) is 17.0 Å². The molecule has 0 bridgehead atoms. The summed E-state index contributed by atoms with van der Waals surface area (Å²) in [6.45, 7) is -1.16. The Hall–Kier alpha value is -2.98. The predicted molar refractivity (Wildman–Crippen MR) is 120 cm³/mol. The first-order valence-corrected chi connectivity index (χ1v) is 11.9. The Balaban J connectivity index is 1.75. The van der Waals surface area contributed by atoms with Gasteiger partial charge in [0.2, 0.25) is 0 Å². The molecule has 0 radical (unpaired) electrons. The summed E-state index contributed by atoms with van der Waals surface area (Å²) in [4.78, 5) is 6.96. The lowest BCUT2D eigenvalue weighted by Crippen LogP contribution is -2.26. The number of ether oxygens (including phenoxy) is 1. The van der Waals surface area contributed by atoms with Gasteiger partial charge in [-0.1, -0.05) is 18.2 Å². The van der Waals surface area contributed by atoms with Crippen LogP contribution in [0.5, 0.6) is 5.75 Å². The van der Waals surface area contributed by atoms with Crippen LogP contribution in [0.2, 0.25) is 0 Å². The third kappa shape index (κ3) is 4.76. The van der Waals surface area contributed by atoms with E-state index in [1.54, 1.807) is 24.3 Å². The van der Waals surface area contributed by atoms with Gasteiger partial charge in [-0.05, 0) is 42.8 Å². The zero-order chi connectivity index (χ0) is 22.7. The number of nitrogens with two attached hydrogens (primary N) is 1. The number of aromatic nitrogens is 1. The summed E-state index contributed by atoms with van der Waals surface area (Å²) < 4.78 is 55.3. The zero-order valence-electron chi connectivity index (χ0n) is 17.3. The van der Waals surface area contributed by atoms with E-state index in [4.69, 9.17) is 10.7 Å². The average molecular weight is 463 g/mol. The van der Waals surface area contributed by atoms with E-state index in [-0.39, 0.29) is 18.0 Å². The number of benzene rings is 2. The molecule has 1 aromatic heterocycles. The number of sulfone groups is 1. The molecule has 3 aromatic rings. The molecule has 4 rings (SSSR count). The normalized spacial score (nSPS) is 15.4. The molecule has 0 fully saturated rings. The molecule has 32 heavy (non-hydrogen) atoms. The van der Waals surface area contributed by atoms with Crippen LogP contribution in [0.1, 0.15) is 12.0 Å². The molecular weight excluding hydrogens is 438 g/mol. The number of fused-ring (bicyclic) bond motifs is 2. The summed E-state index contributed by atoms with van der Waals surface area (Å²) in [5.74, 6) is 0.613. The number of anilines is 2. The Kier molecular flexibility index (Phi) is 6.43. The first-order valence-electron chi connectivity index (χ1n) is 10.3. The second-order valence-corrected chi connectivity index (χ2v) is 9.58. The Bertz CT molecular complexity index is 1220. The molecular formula is C22H24F2N4O3S. The molecule has 10 heteroatoms. The van der Waals surface area contributed by atoms with Crippen LogP contribution in [-0.4, -0.2) is 45.4 Å².